The van der Waals surface area contributed by atoms with E-state index in [1.54, 1.807) is 6.07 Å². The van der Waals surface area contributed by atoms with Crippen LogP contribution in [0.25, 0.3) is 22.3 Å². The molecule has 0 fully saturated rings. The second-order valence-corrected chi connectivity index (χ2v) is 9.66. The maximum atomic E-state index is 15.0. The van der Waals surface area contributed by atoms with Crippen molar-refractivity contribution in [1.82, 2.24) is 29.8 Å². The fraction of sp³-hybridized carbons (Fsp3) is 0.360. The fourth-order valence-electron chi connectivity index (χ4n) is 4.67. The Hall–Kier alpha value is -3.46. The number of nitrogens with zero attached hydrogens (tertiary/aromatic N) is 5. The number of anilines is 2. The molecule has 9 heteroatoms. The van der Waals surface area contributed by atoms with E-state index in [-0.39, 0.29) is 28.7 Å². The molecule has 4 aromatic rings. The van der Waals surface area contributed by atoms with E-state index in [2.05, 4.69) is 37.5 Å². The van der Waals surface area contributed by atoms with E-state index in [0.29, 0.717) is 22.7 Å². The Morgan fingerprint density at radius 3 is 2.65 bits per heavy atom. The number of pyridine rings is 1. The minimum absolute atomic E-state index is 0.00777. The summed E-state index contributed by atoms with van der Waals surface area (Å²) in [5, 5.41) is 6.47. The second-order valence-electron chi connectivity index (χ2n) is 9.66. The quantitative estimate of drug-likeness (QED) is 0.436. The monoisotopic (exact) mass is 463 g/mol. The van der Waals surface area contributed by atoms with E-state index in [1.807, 2.05) is 44.4 Å². The van der Waals surface area contributed by atoms with Crippen molar-refractivity contribution in [3.05, 3.63) is 59.2 Å². The van der Waals surface area contributed by atoms with Gasteiger partial charge in [-0.2, -0.15) is 0 Å². The van der Waals surface area contributed by atoms with Gasteiger partial charge in [-0.15, -0.1) is 0 Å². The molecule has 4 heterocycles. The molecule has 0 saturated heterocycles. The molecule has 5 rings (SSSR count). The summed E-state index contributed by atoms with van der Waals surface area (Å²) >= 11 is 0. The topological polar surface area (TPSA) is 80.6 Å². The Morgan fingerprint density at radius 2 is 1.88 bits per heavy atom. The van der Waals surface area contributed by atoms with E-state index in [1.165, 1.54) is 6.07 Å². The van der Waals surface area contributed by atoms with Gasteiger partial charge in [0, 0.05) is 35.8 Å². The summed E-state index contributed by atoms with van der Waals surface area (Å²) in [5.74, 6) is 0.290. The Bertz CT molecular complexity index is 1400. The smallest absolute Gasteiger partial charge is 0.229 e. The van der Waals surface area contributed by atoms with Crippen LogP contribution in [0.15, 0.2) is 30.5 Å². The zero-order valence-electron chi connectivity index (χ0n) is 19.9. The molecule has 176 valence electrons. The maximum Gasteiger partial charge on any atom is 0.229 e. The van der Waals surface area contributed by atoms with Gasteiger partial charge in [0.2, 0.25) is 5.95 Å². The SMILES string of the molecule is Cc1nc2c(F)cc(-c3nc(Nc4ccc5c(n4)CCNC5C)ncc3F)cc2n1C(C)(C)C. The summed E-state index contributed by atoms with van der Waals surface area (Å²) < 4.78 is 31.8. The van der Waals surface area contributed by atoms with Gasteiger partial charge in [-0.05, 0) is 58.4 Å². The average Bonchev–Trinajstić information content (AvgIpc) is 3.12. The summed E-state index contributed by atoms with van der Waals surface area (Å²) in [6.45, 7) is 10.8. The molecular weight excluding hydrogens is 436 g/mol. The summed E-state index contributed by atoms with van der Waals surface area (Å²) in [6, 6.07) is 7.11. The van der Waals surface area contributed by atoms with Crippen LogP contribution >= 0.6 is 0 Å². The van der Waals surface area contributed by atoms with E-state index in [9.17, 15) is 4.39 Å². The predicted octanol–water partition coefficient (Wildman–Crippen LogP) is 5.18. The highest BCUT2D eigenvalue weighted by atomic mass is 19.1. The lowest BCUT2D eigenvalue weighted by Crippen LogP contribution is -2.28. The van der Waals surface area contributed by atoms with Crippen LogP contribution in [0.1, 0.15) is 50.8 Å². The van der Waals surface area contributed by atoms with Gasteiger partial charge in [0.15, 0.2) is 11.6 Å². The first-order valence-corrected chi connectivity index (χ1v) is 11.3. The van der Waals surface area contributed by atoms with Crippen LogP contribution in [-0.4, -0.2) is 31.0 Å². The molecule has 0 saturated carbocycles. The maximum absolute atomic E-state index is 15.0. The predicted molar refractivity (Wildman–Crippen MR) is 128 cm³/mol. The molecule has 34 heavy (non-hydrogen) atoms. The molecule has 1 aliphatic rings. The third kappa shape index (κ3) is 3.90. The number of halogens is 2. The summed E-state index contributed by atoms with van der Waals surface area (Å²) in [7, 11) is 0. The van der Waals surface area contributed by atoms with Crippen LogP contribution in [-0.2, 0) is 12.0 Å². The van der Waals surface area contributed by atoms with Crippen LogP contribution in [0.4, 0.5) is 20.5 Å². The zero-order chi connectivity index (χ0) is 24.2. The standard InChI is InChI=1S/C25H27F2N7/c1-13-16-6-7-21(31-19(16)8-9-28-13)32-24-29-12-18(27)22(33-24)15-10-17(26)23-20(11-15)34(14(2)30-23)25(3,4)5/h6-7,10-13,28H,8-9H2,1-5H3,(H,29,31,32,33). The minimum Gasteiger partial charge on any atom is -0.323 e. The molecule has 0 bridgehead atoms. The van der Waals surface area contributed by atoms with E-state index < -0.39 is 11.6 Å². The van der Waals surface area contributed by atoms with Gasteiger partial charge in [0.25, 0.3) is 0 Å². The Balaban J connectivity index is 1.55. The average molecular weight is 464 g/mol. The molecule has 0 aliphatic carbocycles. The molecule has 1 unspecified atom stereocenters. The van der Waals surface area contributed by atoms with Crippen LogP contribution in [0.3, 0.4) is 0 Å². The van der Waals surface area contributed by atoms with Crippen LogP contribution in [0, 0.1) is 18.6 Å². The number of hydrogen-bond donors (Lipinski definition) is 2. The number of imidazole rings is 1. The van der Waals surface area contributed by atoms with Gasteiger partial charge in [-0.25, -0.2) is 28.7 Å². The first kappa shape index (κ1) is 22.3. The van der Waals surface area contributed by atoms with Gasteiger partial charge in [0.1, 0.15) is 22.9 Å². The largest absolute Gasteiger partial charge is 0.323 e. The Kier molecular flexibility index (Phi) is 5.31. The summed E-state index contributed by atoms with van der Waals surface area (Å²) in [4.78, 5) is 17.5. The summed E-state index contributed by atoms with van der Waals surface area (Å²) in [6.07, 6.45) is 1.91. The molecule has 3 aromatic heterocycles. The third-order valence-corrected chi connectivity index (χ3v) is 6.10. The molecular formula is C25H27F2N7. The molecule has 2 N–H and O–H groups in total. The highest BCUT2D eigenvalue weighted by Gasteiger charge is 2.23. The van der Waals surface area contributed by atoms with E-state index in [0.717, 1.165) is 30.4 Å². The number of benzene rings is 1. The van der Waals surface area contributed by atoms with Crippen molar-refractivity contribution in [2.24, 2.45) is 0 Å². The van der Waals surface area contributed by atoms with Gasteiger partial charge >= 0.3 is 0 Å². The van der Waals surface area contributed by atoms with Crippen molar-refractivity contribution in [3.8, 4) is 11.3 Å². The lowest BCUT2D eigenvalue weighted by atomic mass is 10.0. The van der Waals surface area contributed by atoms with Crippen molar-refractivity contribution >= 4 is 22.8 Å². The first-order valence-electron chi connectivity index (χ1n) is 11.3. The number of fused-ring (bicyclic) bond motifs is 2. The van der Waals surface area contributed by atoms with Crippen LogP contribution in [0.2, 0.25) is 0 Å². The van der Waals surface area contributed by atoms with Crippen LogP contribution in [0.5, 0.6) is 0 Å². The highest BCUT2D eigenvalue weighted by Crippen LogP contribution is 2.32. The number of nitrogens with one attached hydrogen (secondary N) is 2. The normalized spacial score (nSPS) is 16.0. The number of aryl methyl sites for hydroxylation is 1. The van der Waals surface area contributed by atoms with Crippen LogP contribution < -0.4 is 10.6 Å². The van der Waals surface area contributed by atoms with Crippen molar-refractivity contribution in [2.75, 3.05) is 11.9 Å². The van der Waals surface area contributed by atoms with Gasteiger partial charge in [-0.3, -0.25) is 0 Å². The summed E-state index contributed by atoms with van der Waals surface area (Å²) in [5.41, 5.74) is 3.01. The van der Waals surface area contributed by atoms with E-state index >= 15 is 4.39 Å². The number of rotatable bonds is 3. The Morgan fingerprint density at radius 1 is 1.09 bits per heavy atom. The molecule has 0 radical (unpaired) electrons. The van der Waals surface area contributed by atoms with Gasteiger partial charge in [0.05, 0.1) is 11.7 Å². The Labute approximate surface area is 196 Å². The zero-order valence-corrected chi connectivity index (χ0v) is 19.9. The fourth-order valence-corrected chi connectivity index (χ4v) is 4.67. The highest BCUT2D eigenvalue weighted by molar-refractivity contribution is 5.83. The molecule has 7 nitrogen and oxygen atoms in total. The molecule has 1 aliphatic heterocycles. The lowest BCUT2D eigenvalue weighted by Gasteiger charge is -2.24. The number of hydrogen-bond acceptors (Lipinski definition) is 6. The van der Waals surface area contributed by atoms with Gasteiger partial charge < -0.3 is 15.2 Å². The van der Waals surface area contributed by atoms with Crippen molar-refractivity contribution in [1.29, 1.82) is 0 Å². The first-order chi connectivity index (χ1) is 16.1. The van der Waals surface area contributed by atoms with Crippen molar-refractivity contribution in [3.63, 3.8) is 0 Å². The molecule has 0 spiro atoms. The lowest BCUT2D eigenvalue weighted by molar-refractivity contribution is 0.399. The van der Waals surface area contributed by atoms with Gasteiger partial charge in [-0.1, -0.05) is 6.07 Å². The number of aromatic nitrogens is 5. The molecule has 0 amide bonds. The second kappa shape index (κ2) is 8.09. The van der Waals surface area contributed by atoms with E-state index in [4.69, 9.17) is 0 Å². The minimum atomic E-state index is -0.638. The molecule has 1 aromatic carbocycles. The van der Waals surface area contributed by atoms with Crippen molar-refractivity contribution in [2.45, 2.75) is 52.6 Å². The molecule has 1 atom stereocenters. The van der Waals surface area contributed by atoms with Crippen molar-refractivity contribution < 1.29 is 8.78 Å². The third-order valence-electron chi connectivity index (χ3n) is 6.10.